The van der Waals surface area contributed by atoms with Gasteiger partial charge in [0.05, 0.1) is 10.0 Å². The van der Waals surface area contributed by atoms with Gasteiger partial charge in [0, 0.05) is 11.1 Å². The summed E-state index contributed by atoms with van der Waals surface area (Å²) in [6, 6.07) is 1.93. The molecule has 2 nitrogen and oxygen atoms in total. The van der Waals surface area contributed by atoms with Gasteiger partial charge in [0.25, 0.3) is 0 Å². The highest BCUT2D eigenvalue weighted by Gasteiger charge is 2.37. The van der Waals surface area contributed by atoms with Gasteiger partial charge in [0.1, 0.15) is 5.75 Å². The summed E-state index contributed by atoms with van der Waals surface area (Å²) < 4.78 is 38.4. The number of phenolic OH excluding ortho intramolecular Hbond substituents is 1. The van der Waals surface area contributed by atoms with Crippen LogP contribution >= 0.6 is 15.9 Å². The number of halogens is 4. The molecule has 1 saturated heterocycles. The summed E-state index contributed by atoms with van der Waals surface area (Å²) in [6.07, 6.45) is -2.84. The molecule has 6 heteroatoms. The van der Waals surface area contributed by atoms with Crippen LogP contribution < -0.4 is 5.32 Å². The number of aromatic hydroxyl groups is 1. The highest BCUT2D eigenvalue weighted by molar-refractivity contribution is 9.10. The van der Waals surface area contributed by atoms with Crippen molar-refractivity contribution < 1.29 is 18.3 Å². The lowest BCUT2D eigenvalue weighted by Crippen LogP contribution is -2.33. The maximum atomic E-state index is 12.8. The third-order valence-electron chi connectivity index (χ3n) is 3.35. The van der Waals surface area contributed by atoms with Crippen LogP contribution in [0.5, 0.6) is 5.75 Å². The molecule has 1 unspecified atom stereocenters. The van der Waals surface area contributed by atoms with Crippen LogP contribution in [0.25, 0.3) is 0 Å². The molecule has 100 valence electrons. The Labute approximate surface area is 111 Å². The predicted molar refractivity (Wildman–Crippen MR) is 65.4 cm³/mol. The molecule has 18 heavy (non-hydrogen) atoms. The second-order valence-corrected chi connectivity index (χ2v) is 5.57. The van der Waals surface area contributed by atoms with Crippen LogP contribution in [0.15, 0.2) is 16.6 Å². The number of phenols is 1. The van der Waals surface area contributed by atoms with Crippen molar-refractivity contribution in [3.8, 4) is 5.75 Å². The first kappa shape index (κ1) is 13.7. The van der Waals surface area contributed by atoms with Crippen molar-refractivity contribution in [1.82, 2.24) is 5.32 Å². The van der Waals surface area contributed by atoms with E-state index in [1.807, 2.05) is 6.92 Å². The van der Waals surface area contributed by atoms with Crippen LogP contribution in [0.4, 0.5) is 13.2 Å². The van der Waals surface area contributed by atoms with Gasteiger partial charge in [0.2, 0.25) is 0 Å². The van der Waals surface area contributed by atoms with Crippen molar-refractivity contribution in [1.29, 1.82) is 0 Å². The maximum absolute atomic E-state index is 12.8. The van der Waals surface area contributed by atoms with E-state index in [1.165, 1.54) is 0 Å². The Balaban J connectivity index is 2.56. The second-order valence-electron chi connectivity index (χ2n) is 4.71. The molecular weight excluding hydrogens is 311 g/mol. The van der Waals surface area contributed by atoms with Crippen molar-refractivity contribution in [3.63, 3.8) is 0 Å². The first-order valence-corrected chi connectivity index (χ1v) is 6.38. The molecular formula is C12H13BrF3NO. The zero-order chi connectivity index (χ0) is 13.6. The predicted octanol–water partition coefficient (Wildman–Crippen LogP) is 3.77. The highest BCUT2D eigenvalue weighted by atomic mass is 79.9. The average molecular weight is 324 g/mol. The minimum atomic E-state index is -4.42. The number of rotatable bonds is 1. The lowest BCUT2D eigenvalue weighted by Gasteiger charge is -2.27. The molecule has 0 saturated carbocycles. The molecule has 0 amide bonds. The Kier molecular flexibility index (Phi) is 3.36. The molecule has 2 rings (SSSR count). The number of benzene rings is 1. The summed E-state index contributed by atoms with van der Waals surface area (Å²) in [4.78, 5) is 0. The third kappa shape index (κ3) is 2.36. The largest absolute Gasteiger partial charge is 0.506 e. The molecule has 0 bridgehead atoms. The summed E-state index contributed by atoms with van der Waals surface area (Å²) in [5.41, 5.74) is -1.06. The lowest BCUT2D eigenvalue weighted by molar-refractivity contribution is -0.137. The van der Waals surface area contributed by atoms with Crippen molar-refractivity contribution >= 4 is 15.9 Å². The summed E-state index contributed by atoms with van der Waals surface area (Å²) in [7, 11) is 0. The van der Waals surface area contributed by atoms with Crippen LogP contribution in [-0.2, 0) is 11.7 Å². The molecule has 1 aromatic rings. The average Bonchev–Trinajstić information content (AvgIpc) is 2.68. The molecule has 0 aromatic heterocycles. The minimum Gasteiger partial charge on any atom is -0.506 e. The molecule has 1 heterocycles. The van der Waals surface area contributed by atoms with E-state index in [0.717, 1.165) is 25.1 Å². The summed E-state index contributed by atoms with van der Waals surface area (Å²) >= 11 is 2.98. The zero-order valence-corrected chi connectivity index (χ0v) is 11.3. The standard InChI is InChI=1S/C12H13BrF3NO/c1-11(3-2-4-17-11)8-5-7(12(14,15)16)6-9(13)10(8)18/h5-6,17-18H,2-4H2,1H3. The summed E-state index contributed by atoms with van der Waals surface area (Å²) in [6.45, 7) is 2.55. The van der Waals surface area contributed by atoms with Crippen molar-refractivity contribution in [3.05, 3.63) is 27.7 Å². The monoisotopic (exact) mass is 323 g/mol. The van der Waals surface area contributed by atoms with Gasteiger partial charge in [-0.05, 0) is 54.4 Å². The first-order valence-electron chi connectivity index (χ1n) is 5.59. The Morgan fingerprint density at radius 2 is 2.06 bits per heavy atom. The van der Waals surface area contributed by atoms with Crippen LogP contribution in [0.3, 0.4) is 0 Å². The zero-order valence-electron chi connectivity index (χ0n) is 9.74. The van der Waals surface area contributed by atoms with Crippen LogP contribution in [0, 0.1) is 0 Å². The van der Waals surface area contributed by atoms with Gasteiger partial charge in [-0.15, -0.1) is 0 Å². The highest BCUT2D eigenvalue weighted by Crippen LogP contribution is 2.43. The number of nitrogens with one attached hydrogen (secondary N) is 1. The van der Waals surface area contributed by atoms with Crippen LogP contribution in [-0.4, -0.2) is 11.7 Å². The molecule has 0 radical (unpaired) electrons. The summed E-state index contributed by atoms with van der Waals surface area (Å²) in [5, 5.41) is 13.1. The molecule has 1 aromatic carbocycles. The fourth-order valence-electron chi connectivity index (χ4n) is 2.31. The van der Waals surface area contributed by atoms with Gasteiger partial charge in [-0.1, -0.05) is 0 Å². The Morgan fingerprint density at radius 3 is 2.56 bits per heavy atom. The van der Waals surface area contributed by atoms with E-state index in [0.29, 0.717) is 12.0 Å². The van der Waals surface area contributed by atoms with Gasteiger partial charge in [0.15, 0.2) is 0 Å². The van der Waals surface area contributed by atoms with Gasteiger partial charge >= 0.3 is 6.18 Å². The van der Waals surface area contributed by atoms with E-state index in [-0.39, 0.29) is 10.2 Å². The minimum absolute atomic E-state index is 0.0715. The normalized spacial score (nSPS) is 24.5. The van der Waals surface area contributed by atoms with Gasteiger partial charge < -0.3 is 10.4 Å². The van der Waals surface area contributed by atoms with E-state index in [1.54, 1.807) is 0 Å². The van der Waals surface area contributed by atoms with Gasteiger partial charge in [-0.2, -0.15) is 13.2 Å². The Morgan fingerprint density at radius 1 is 1.39 bits per heavy atom. The van der Waals surface area contributed by atoms with Gasteiger partial charge in [-0.3, -0.25) is 0 Å². The van der Waals surface area contributed by atoms with Crippen molar-refractivity contribution in [2.75, 3.05) is 6.54 Å². The number of hydrogen-bond donors (Lipinski definition) is 2. The molecule has 1 aliphatic rings. The van der Waals surface area contributed by atoms with E-state index >= 15 is 0 Å². The topological polar surface area (TPSA) is 32.3 Å². The van der Waals surface area contributed by atoms with Crippen molar-refractivity contribution in [2.24, 2.45) is 0 Å². The third-order valence-corrected chi connectivity index (χ3v) is 3.96. The number of hydrogen-bond acceptors (Lipinski definition) is 2. The SMILES string of the molecule is CC1(c2cc(C(F)(F)F)cc(Br)c2O)CCCN1. The Bertz CT molecular complexity index is 467. The van der Waals surface area contributed by atoms with Crippen molar-refractivity contribution in [2.45, 2.75) is 31.5 Å². The Hall–Kier alpha value is -0.750. The summed E-state index contributed by atoms with van der Waals surface area (Å²) in [5.74, 6) is -0.125. The molecule has 1 fully saturated rings. The fraction of sp³-hybridized carbons (Fsp3) is 0.500. The smallest absolute Gasteiger partial charge is 0.416 e. The number of alkyl halides is 3. The molecule has 2 N–H and O–H groups in total. The first-order chi connectivity index (χ1) is 8.24. The van der Waals surface area contributed by atoms with E-state index in [9.17, 15) is 18.3 Å². The molecule has 0 spiro atoms. The molecule has 1 atom stereocenters. The van der Waals surface area contributed by atoms with Crippen LogP contribution in [0.2, 0.25) is 0 Å². The maximum Gasteiger partial charge on any atom is 0.416 e. The lowest BCUT2D eigenvalue weighted by atomic mass is 9.88. The van der Waals surface area contributed by atoms with E-state index < -0.39 is 17.3 Å². The molecule has 0 aliphatic carbocycles. The molecule has 1 aliphatic heterocycles. The van der Waals surface area contributed by atoms with Gasteiger partial charge in [-0.25, -0.2) is 0 Å². The van der Waals surface area contributed by atoms with E-state index in [4.69, 9.17) is 0 Å². The van der Waals surface area contributed by atoms with E-state index in [2.05, 4.69) is 21.2 Å². The quantitative estimate of drug-likeness (QED) is 0.824. The second kappa shape index (κ2) is 4.42. The fourth-order valence-corrected chi connectivity index (χ4v) is 2.77. The van der Waals surface area contributed by atoms with Crippen LogP contribution in [0.1, 0.15) is 30.9 Å².